The Hall–Kier alpha value is -0.450. The molecule has 1 fully saturated rings. The van der Waals surface area contributed by atoms with Crippen LogP contribution in [0.2, 0.25) is 0 Å². The molecule has 0 bridgehead atoms. The zero-order valence-electron chi connectivity index (χ0n) is 15.4. The molecule has 2 N–H and O–H groups in total. The summed E-state index contributed by atoms with van der Waals surface area (Å²) >= 11 is 3.38. The van der Waals surface area contributed by atoms with Crippen LogP contribution in [0.25, 0.3) is 0 Å². The van der Waals surface area contributed by atoms with Gasteiger partial charge in [-0.2, -0.15) is 0 Å². The summed E-state index contributed by atoms with van der Waals surface area (Å²) in [7, 11) is 0. The molecule has 1 aromatic rings. The highest BCUT2D eigenvalue weighted by Gasteiger charge is 2.16. The summed E-state index contributed by atoms with van der Waals surface area (Å²) in [5, 5.41) is 6.53. The molecule has 5 nitrogen and oxygen atoms in total. The van der Waals surface area contributed by atoms with E-state index >= 15 is 0 Å². The van der Waals surface area contributed by atoms with Crippen molar-refractivity contribution in [2.24, 2.45) is 4.99 Å². The van der Waals surface area contributed by atoms with Crippen LogP contribution in [0.5, 0.6) is 0 Å². The number of guanidine groups is 1. The molecule has 1 atom stereocenters. The number of morpholine rings is 1. The molecular formula is C18H29BrFIN4O. The zero-order valence-corrected chi connectivity index (χ0v) is 19.3. The molecule has 0 radical (unpaired) electrons. The number of rotatable bonds is 7. The lowest BCUT2D eigenvalue weighted by Crippen LogP contribution is -2.44. The van der Waals surface area contributed by atoms with Crippen LogP contribution in [0.1, 0.15) is 19.4 Å². The third-order valence-corrected chi connectivity index (χ3v) is 4.71. The molecule has 2 rings (SSSR count). The minimum atomic E-state index is -0.173. The third-order valence-electron chi connectivity index (χ3n) is 4.22. The van der Waals surface area contributed by atoms with Gasteiger partial charge in [0.05, 0.1) is 19.8 Å². The first kappa shape index (κ1) is 23.6. The largest absolute Gasteiger partial charge is 0.379 e. The normalized spacial score (nSPS) is 16.7. The van der Waals surface area contributed by atoms with E-state index in [-0.39, 0.29) is 29.8 Å². The van der Waals surface area contributed by atoms with E-state index in [1.807, 2.05) is 13.0 Å². The Morgan fingerprint density at radius 3 is 2.77 bits per heavy atom. The van der Waals surface area contributed by atoms with Crippen molar-refractivity contribution in [3.05, 3.63) is 34.1 Å². The number of hydrogen-bond acceptors (Lipinski definition) is 3. The van der Waals surface area contributed by atoms with Crippen LogP contribution in [0.4, 0.5) is 4.39 Å². The predicted molar refractivity (Wildman–Crippen MR) is 119 cm³/mol. The lowest BCUT2D eigenvalue weighted by atomic mass is 10.1. The maximum Gasteiger partial charge on any atom is 0.191 e. The lowest BCUT2D eigenvalue weighted by molar-refractivity contribution is 0.0220. The van der Waals surface area contributed by atoms with Gasteiger partial charge in [0.25, 0.3) is 0 Å². The molecule has 1 unspecified atom stereocenters. The topological polar surface area (TPSA) is 48.9 Å². The predicted octanol–water partition coefficient (Wildman–Crippen LogP) is 3.02. The van der Waals surface area contributed by atoms with Crippen LogP contribution >= 0.6 is 39.9 Å². The summed E-state index contributed by atoms with van der Waals surface area (Å²) in [6.45, 7) is 9.89. The molecule has 1 aromatic carbocycles. The maximum atomic E-state index is 13.8. The second-order valence-electron chi connectivity index (χ2n) is 6.13. The summed E-state index contributed by atoms with van der Waals surface area (Å²) < 4.78 is 20.1. The average molecular weight is 543 g/mol. The van der Waals surface area contributed by atoms with Crippen LogP contribution < -0.4 is 10.6 Å². The van der Waals surface area contributed by atoms with Gasteiger partial charge in [-0.15, -0.1) is 24.0 Å². The number of nitrogens with one attached hydrogen (secondary N) is 2. The number of nitrogens with zero attached hydrogens (tertiary/aromatic N) is 2. The molecule has 0 spiro atoms. The van der Waals surface area contributed by atoms with Crippen molar-refractivity contribution in [3.8, 4) is 0 Å². The van der Waals surface area contributed by atoms with E-state index in [4.69, 9.17) is 4.74 Å². The summed E-state index contributed by atoms with van der Waals surface area (Å²) in [4.78, 5) is 7.06. The Kier molecular flexibility index (Phi) is 11.7. The van der Waals surface area contributed by atoms with E-state index in [9.17, 15) is 4.39 Å². The highest BCUT2D eigenvalue weighted by atomic mass is 127. The van der Waals surface area contributed by atoms with Gasteiger partial charge in [-0.05, 0) is 44.0 Å². The number of aliphatic imine (C=N–C) groups is 1. The molecule has 1 aliphatic rings. The van der Waals surface area contributed by atoms with Crippen LogP contribution in [0.15, 0.2) is 27.7 Å². The van der Waals surface area contributed by atoms with Crippen molar-refractivity contribution in [2.45, 2.75) is 26.3 Å². The fourth-order valence-corrected chi connectivity index (χ4v) is 3.16. The molecule has 1 heterocycles. The monoisotopic (exact) mass is 542 g/mol. The van der Waals surface area contributed by atoms with Crippen LogP contribution in [-0.2, 0) is 11.2 Å². The molecule has 0 saturated carbocycles. The molecule has 8 heteroatoms. The molecule has 1 saturated heterocycles. The molecule has 1 aliphatic heterocycles. The van der Waals surface area contributed by atoms with E-state index in [0.717, 1.165) is 49.8 Å². The number of ether oxygens (including phenoxy) is 1. The highest BCUT2D eigenvalue weighted by molar-refractivity contribution is 14.0. The molecule has 26 heavy (non-hydrogen) atoms. The Bertz CT molecular complexity index is 570. The fraction of sp³-hybridized carbons (Fsp3) is 0.611. The molecule has 0 aromatic heterocycles. The summed E-state index contributed by atoms with van der Waals surface area (Å²) in [5.41, 5.74) is 0.694. The first-order valence-electron chi connectivity index (χ1n) is 8.88. The smallest absolute Gasteiger partial charge is 0.191 e. The van der Waals surface area contributed by atoms with Crippen LogP contribution in [-0.4, -0.2) is 62.8 Å². The molecule has 148 valence electrons. The van der Waals surface area contributed by atoms with E-state index in [0.29, 0.717) is 24.6 Å². The molecule has 0 amide bonds. The van der Waals surface area contributed by atoms with Gasteiger partial charge in [-0.1, -0.05) is 15.9 Å². The van der Waals surface area contributed by atoms with Gasteiger partial charge < -0.3 is 15.4 Å². The first-order valence-corrected chi connectivity index (χ1v) is 9.67. The molecular weight excluding hydrogens is 514 g/mol. The lowest BCUT2D eigenvalue weighted by Gasteiger charge is -2.31. The van der Waals surface area contributed by atoms with Crippen molar-refractivity contribution in [2.75, 3.05) is 45.9 Å². The SMILES string of the molecule is CCNC(=NCC(C)N1CCOCC1)NCCc1cc(Br)ccc1F.I. The Morgan fingerprint density at radius 1 is 1.35 bits per heavy atom. The van der Waals surface area contributed by atoms with E-state index in [2.05, 4.69) is 43.4 Å². The first-order chi connectivity index (χ1) is 12.1. The van der Waals surface area contributed by atoms with E-state index in [1.165, 1.54) is 6.07 Å². The summed E-state index contributed by atoms with van der Waals surface area (Å²) in [5.74, 6) is 0.603. The van der Waals surface area contributed by atoms with Crippen molar-refractivity contribution in [1.29, 1.82) is 0 Å². The summed E-state index contributed by atoms with van der Waals surface area (Å²) in [6.07, 6.45) is 0.606. The van der Waals surface area contributed by atoms with Crippen molar-refractivity contribution in [1.82, 2.24) is 15.5 Å². The van der Waals surface area contributed by atoms with Gasteiger partial charge >= 0.3 is 0 Å². The minimum absolute atomic E-state index is 0. The van der Waals surface area contributed by atoms with Crippen LogP contribution in [0, 0.1) is 5.82 Å². The zero-order chi connectivity index (χ0) is 18.1. The van der Waals surface area contributed by atoms with Gasteiger partial charge in [0.2, 0.25) is 0 Å². The third kappa shape index (κ3) is 8.06. The number of hydrogen-bond donors (Lipinski definition) is 2. The Balaban J connectivity index is 0.00000338. The standard InChI is InChI=1S/C18H28BrFN4O.HI/c1-3-21-18(23-13-14(2)24-8-10-25-11-9-24)22-7-6-15-12-16(19)4-5-17(15)20;/h4-5,12,14H,3,6-11,13H2,1-2H3,(H2,21,22,23);1H. The Labute approximate surface area is 181 Å². The second-order valence-corrected chi connectivity index (χ2v) is 7.05. The number of halogens is 3. The van der Waals surface area contributed by atoms with Gasteiger partial charge in [-0.25, -0.2) is 4.39 Å². The van der Waals surface area contributed by atoms with Crippen LogP contribution in [0.3, 0.4) is 0 Å². The molecule has 0 aliphatic carbocycles. The van der Waals surface area contributed by atoms with E-state index < -0.39 is 0 Å². The van der Waals surface area contributed by atoms with Crippen molar-refractivity contribution >= 4 is 45.9 Å². The van der Waals surface area contributed by atoms with Crippen molar-refractivity contribution in [3.63, 3.8) is 0 Å². The van der Waals surface area contributed by atoms with Gasteiger partial charge in [-0.3, -0.25) is 9.89 Å². The van der Waals surface area contributed by atoms with Crippen molar-refractivity contribution < 1.29 is 9.13 Å². The average Bonchev–Trinajstić information content (AvgIpc) is 2.63. The van der Waals surface area contributed by atoms with Gasteiger partial charge in [0.15, 0.2) is 5.96 Å². The maximum absolute atomic E-state index is 13.8. The van der Waals surface area contributed by atoms with Gasteiger partial charge in [0, 0.05) is 36.7 Å². The van der Waals surface area contributed by atoms with Gasteiger partial charge in [0.1, 0.15) is 5.82 Å². The summed E-state index contributed by atoms with van der Waals surface area (Å²) in [6, 6.07) is 5.40. The second kappa shape index (κ2) is 12.9. The Morgan fingerprint density at radius 2 is 2.08 bits per heavy atom. The fourth-order valence-electron chi connectivity index (χ4n) is 2.75. The number of benzene rings is 1. The van der Waals surface area contributed by atoms with E-state index in [1.54, 1.807) is 6.07 Å². The highest BCUT2D eigenvalue weighted by Crippen LogP contribution is 2.15. The quantitative estimate of drug-likeness (QED) is 0.316. The minimum Gasteiger partial charge on any atom is -0.379 e.